The van der Waals surface area contributed by atoms with Crippen molar-refractivity contribution in [1.29, 1.82) is 0 Å². The van der Waals surface area contributed by atoms with Crippen molar-refractivity contribution in [3.63, 3.8) is 0 Å². The van der Waals surface area contributed by atoms with Gasteiger partial charge in [-0.25, -0.2) is 9.59 Å². The summed E-state index contributed by atoms with van der Waals surface area (Å²) in [6, 6.07) is 5.15. The van der Waals surface area contributed by atoms with Crippen molar-refractivity contribution in [2.45, 2.75) is 32.6 Å². The largest absolute Gasteiger partial charge is 0.481 e. The second kappa shape index (κ2) is 11.2. The molecule has 1 atom stereocenters. The molecule has 4 rings (SSSR count). The lowest BCUT2D eigenvalue weighted by atomic mass is 9.93. The molecule has 13 nitrogen and oxygen atoms in total. The van der Waals surface area contributed by atoms with E-state index in [2.05, 4.69) is 20.7 Å². The van der Waals surface area contributed by atoms with Crippen LogP contribution in [-0.2, 0) is 30.9 Å². The molecule has 0 aliphatic carbocycles. The summed E-state index contributed by atoms with van der Waals surface area (Å²) in [4.78, 5) is 64.1. The summed E-state index contributed by atoms with van der Waals surface area (Å²) in [5.74, 6) is -3.14. The van der Waals surface area contributed by atoms with Crippen molar-refractivity contribution in [2.24, 2.45) is 7.05 Å². The van der Waals surface area contributed by atoms with E-state index in [0.29, 0.717) is 28.8 Å². The van der Waals surface area contributed by atoms with Crippen LogP contribution in [0.15, 0.2) is 24.4 Å². The minimum Gasteiger partial charge on any atom is -0.481 e. The van der Waals surface area contributed by atoms with E-state index in [1.54, 1.807) is 43.8 Å². The van der Waals surface area contributed by atoms with Gasteiger partial charge < -0.3 is 24.5 Å². The zero-order valence-electron chi connectivity index (χ0n) is 21.1. The van der Waals surface area contributed by atoms with E-state index >= 15 is 0 Å². The Labute approximate surface area is 216 Å². The predicted octanol–water partition coefficient (Wildman–Crippen LogP) is 1.79. The Balaban J connectivity index is 1.53. The van der Waals surface area contributed by atoms with E-state index < -0.39 is 36.3 Å². The molecule has 1 saturated heterocycles. The number of rotatable bonds is 9. The highest BCUT2D eigenvalue weighted by Gasteiger charge is 2.32. The van der Waals surface area contributed by atoms with Gasteiger partial charge in [-0.3, -0.25) is 24.4 Å². The van der Waals surface area contributed by atoms with E-state index in [-0.39, 0.29) is 42.5 Å². The highest BCUT2D eigenvalue weighted by molar-refractivity contribution is 6.09. The molecule has 38 heavy (non-hydrogen) atoms. The van der Waals surface area contributed by atoms with Gasteiger partial charge >= 0.3 is 11.9 Å². The van der Waals surface area contributed by atoms with E-state index in [9.17, 15) is 24.0 Å². The van der Waals surface area contributed by atoms with Gasteiger partial charge in [0.05, 0.1) is 30.4 Å². The van der Waals surface area contributed by atoms with E-state index in [4.69, 9.17) is 14.2 Å². The lowest BCUT2D eigenvalue weighted by molar-refractivity contribution is -0.134. The SMILES string of the molecule is CCOC(=O)c1c[nH]c(NC(=O)COc2cccc3c(C4CCC(=O)NC4=O)nn(C)c23)c1C(=O)OCC. The Morgan fingerprint density at radius 1 is 1.13 bits per heavy atom. The molecule has 1 aromatic carbocycles. The number of amides is 3. The second-order valence-electron chi connectivity index (χ2n) is 8.39. The fourth-order valence-electron chi connectivity index (χ4n) is 4.28. The van der Waals surface area contributed by atoms with Crippen LogP contribution in [0.4, 0.5) is 5.82 Å². The molecule has 1 aliphatic rings. The zero-order valence-corrected chi connectivity index (χ0v) is 21.1. The Hall–Kier alpha value is -4.68. The summed E-state index contributed by atoms with van der Waals surface area (Å²) in [5, 5.41) is 10.0. The first-order chi connectivity index (χ1) is 18.2. The minimum absolute atomic E-state index is 0.0287. The van der Waals surface area contributed by atoms with Gasteiger partial charge in [-0.1, -0.05) is 12.1 Å². The van der Waals surface area contributed by atoms with Crippen LogP contribution in [0, 0.1) is 0 Å². The number of aromatic nitrogens is 3. The molecule has 1 aliphatic heterocycles. The lowest BCUT2D eigenvalue weighted by Gasteiger charge is -2.19. The van der Waals surface area contributed by atoms with Crippen LogP contribution in [0.2, 0.25) is 0 Å². The maximum Gasteiger partial charge on any atom is 0.342 e. The molecule has 3 aromatic rings. The number of esters is 2. The third-order valence-corrected chi connectivity index (χ3v) is 5.90. The monoisotopic (exact) mass is 525 g/mol. The highest BCUT2D eigenvalue weighted by atomic mass is 16.5. The molecule has 1 unspecified atom stereocenters. The Kier molecular flexibility index (Phi) is 7.74. The topological polar surface area (TPSA) is 171 Å². The molecule has 0 saturated carbocycles. The fraction of sp³-hybridized carbons (Fsp3) is 0.360. The maximum absolute atomic E-state index is 12.7. The van der Waals surface area contributed by atoms with E-state index in [1.165, 1.54) is 6.20 Å². The molecule has 0 radical (unpaired) electrons. The number of para-hydroxylation sites is 1. The average Bonchev–Trinajstić information content (AvgIpc) is 3.44. The number of hydrogen-bond donors (Lipinski definition) is 3. The molecule has 3 N–H and O–H groups in total. The van der Waals surface area contributed by atoms with Crippen LogP contribution in [0.5, 0.6) is 5.75 Å². The van der Waals surface area contributed by atoms with Crippen LogP contribution in [0.3, 0.4) is 0 Å². The lowest BCUT2D eigenvalue weighted by Crippen LogP contribution is -2.39. The Bertz CT molecular complexity index is 1420. The first kappa shape index (κ1) is 26.4. The molecule has 2 aromatic heterocycles. The van der Waals surface area contributed by atoms with Gasteiger partial charge in [-0.05, 0) is 26.3 Å². The number of anilines is 1. The summed E-state index contributed by atoms with van der Waals surface area (Å²) in [6.07, 6.45) is 1.82. The summed E-state index contributed by atoms with van der Waals surface area (Å²) < 4.78 is 17.3. The third-order valence-electron chi connectivity index (χ3n) is 5.90. The Morgan fingerprint density at radius 3 is 2.58 bits per heavy atom. The first-order valence-electron chi connectivity index (χ1n) is 12.0. The number of H-pyrrole nitrogens is 1. The van der Waals surface area contributed by atoms with Gasteiger partial charge in [-0.15, -0.1) is 0 Å². The molecular formula is C25H27N5O8. The third kappa shape index (κ3) is 5.21. The van der Waals surface area contributed by atoms with Gasteiger partial charge in [0.2, 0.25) is 11.8 Å². The number of imide groups is 1. The van der Waals surface area contributed by atoms with Crippen LogP contribution in [-0.4, -0.2) is 64.2 Å². The molecular weight excluding hydrogens is 498 g/mol. The summed E-state index contributed by atoms with van der Waals surface area (Å²) in [7, 11) is 1.69. The number of aromatic amines is 1. The van der Waals surface area contributed by atoms with Crippen molar-refractivity contribution in [3.05, 3.63) is 41.2 Å². The summed E-state index contributed by atoms with van der Waals surface area (Å²) in [5.41, 5.74) is 0.861. The van der Waals surface area contributed by atoms with Gasteiger partial charge in [0.15, 0.2) is 6.61 Å². The smallest absolute Gasteiger partial charge is 0.342 e. The molecule has 3 heterocycles. The van der Waals surface area contributed by atoms with Crippen LogP contribution in [0.1, 0.15) is 59.0 Å². The average molecular weight is 526 g/mol. The second-order valence-corrected chi connectivity index (χ2v) is 8.39. The fourth-order valence-corrected chi connectivity index (χ4v) is 4.28. The Morgan fingerprint density at radius 2 is 1.87 bits per heavy atom. The van der Waals surface area contributed by atoms with Gasteiger partial charge in [0, 0.05) is 25.1 Å². The van der Waals surface area contributed by atoms with Gasteiger partial charge in [-0.2, -0.15) is 5.10 Å². The molecule has 200 valence electrons. The number of carbonyl (C=O) groups is 5. The number of ether oxygens (including phenoxy) is 3. The van der Waals surface area contributed by atoms with Crippen LogP contribution < -0.4 is 15.4 Å². The molecule has 13 heteroatoms. The number of carbonyl (C=O) groups excluding carboxylic acids is 5. The minimum atomic E-state index is -0.798. The van der Waals surface area contributed by atoms with Gasteiger partial charge in [0.1, 0.15) is 22.6 Å². The number of hydrogen-bond acceptors (Lipinski definition) is 9. The number of benzene rings is 1. The van der Waals surface area contributed by atoms with Gasteiger partial charge in [0.25, 0.3) is 5.91 Å². The number of nitrogens with zero attached hydrogens (tertiary/aromatic N) is 2. The number of aryl methyl sites for hydroxylation is 1. The van der Waals surface area contributed by atoms with Crippen molar-refractivity contribution < 1.29 is 38.2 Å². The quantitative estimate of drug-likeness (QED) is 0.278. The number of piperidine rings is 1. The maximum atomic E-state index is 12.7. The normalized spacial score (nSPS) is 15.2. The van der Waals surface area contributed by atoms with Crippen LogP contribution >= 0.6 is 0 Å². The van der Waals surface area contributed by atoms with Crippen LogP contribution in [0.25, 0.3) is 10.9 Å². The molecule has 1 fully saturated rings. The highest BCUT2D eigenvalue weighted by Crippen LogP contribution is 2.34. The first-order valence-corrected chi connectivity index (χ1v) is 12.0. The molecule has 0 bridgehead atoms. The standard InChI is InChI=1S/C25H27N5O8/c1-4-36-24(34)15-11-26-22(19(15)25(35)37-5-2)27-18(32)12-38-16-8-6-7-13-20(29-30(3)21(13)16)14-9-10-17(31)28-23(14)33/h6-8,11,14,26H,4-5,9-10,12H2,1-3H3,(H,27,32)(H,28,31,33). The van der Waals surface area contributed by atoms with E-state index in [1.807, 2.05) is 0 Å². The summed E-state index contributed by atoms with van der Waals surface area (Å²) >= 11 is 0. The molecule has 3 amide bonds. The van der Waals surface area contributed by atoms with Crippen molar-refractivity contribution in [2.75, 3.05) is 25.1 Å². The van der Waals surface area contributed by atoms with Crippen molar-refractivity contribution in [1.82, 2.24) is 20.1 Å². The van der Waals surface area contributed by atoms with E-state index in [0.717, 1.165) is 0 Å². The number of nitrogens with one attached hydrogen (secondary N) is 3. The molecule has 0 spiro atoms. The summed E-state index contributed by atoms with van der Waals surface area (Å²) in [6.45, 7) is 2.98. The number of fused-ring (bicyclic) bond motifs is 1. The van der Waals surface area contributed by atoms with Crippen molar-refractivity contribution >= 4 is 46.4 Å². The van der Waals surface area contributed by atoms with Crippen molar-refractivity contribution in [3.8, 4) is 5.75 Å². The zero-order chi connectivity index (χ0) is 27.4. The predicted molar refractivity (Wildman–Crippen MR) is 133 cm³/mol.